The SMILES string of the molecule is COc1cccc(CNC[C@@H](O)[C@H](Cc2cc(F)cc(F)c2)N(C(=O)O)C(C)(C)C)c1. The molecule has 0 saturated carbocycles. The molecule has 0 aromatic heterocycles. The molecule has 0 aliphatic heterocycles. The first-order chi connectivity index (χ1) is 14.5. The zero-order chi connectivity index (χ0) is 23.2. The van der Waals surface area contributed by atoms with Crippen LogP contribution in [0.2, 0.25) is 0 Å². The summed E-state index contributed by atoms with van der Waals surface area (Å²) in [6, 6.07) is 9.54. The summed E-state index contributed by atoms with van der Waals surface area (Å²) < 4.78 is 32.5. The largest absolute Gasteiger partial charge is 0.497 e. The number of nitrogens with zero attached hydrogens (tertiary/aromatic N) is 1. The quantitative estimate of drug-likeness (QED) is 0.557. The zero-order valence-corrected chi connectivity index (χ0v) is 18.2. The molecule has 2 rings (SSSR count). The van der Waals surface area contributed by atoms with E-state index in [4.69, 9.17) is 4.74 Å². The third-order valence-electron chi connectivity index (χ3n) is 4.89. The van der Waals surface area contributed by atoms with Crippen LogP contribution in [0.5, 0.6) is 5.75 Å². The Morgan fingerprint density at radius 2 is 1.77 bits per heavy atom. The minimum Gasteiger partial charge on any atom is -0.497 e. The molecule has 2 atom stereocenters. The lowest BCUT2D eigenvalue weighted by atomic mass is 9.94. The van der Waals surface area contributed by atoms with E-state index in [0.29, 0.717) is 12.3 Å². The predicted molar refractivity (Wildman–Crippen MR) is 114 cm³/mol. The van der Waals surface area contributed by atoms with Crippen molar-refractivity contribution in [2.75, 3.05) is 13.7 Å². The molecule has 0 heterocycles. The van der Waals surface area contributed by atoms with E-state index in [-0.39, 0.29) is 18.5 Å². The Bertz CT molecular complexity index is 866. The Balaban J connectivity index is 2.20. The summed E-state index contributed by atoms with van der Waals surface area (Å²) in [5, 5.41) is 23.8. The maximum atomic E-state index is 13.7. The molecule has 2 aromatic carbocycles. The molecular weight excluding hydrogens is 406 g/mol. The molecule has 1 amide bonds. The van der Waals surface area contributed by atoms with E-state index in [9.17, 15) is 23.8 Å². The third-order valence-corrected chi connectivity index (χ3v) is 4.89. The fourth-order valence-electron chi connectivity index (χ4n) is 3.58. The number of benzene rings is 2. The average Bonchev–Trinajstić information content (AvgIpc) is 2.65. The van der Waals surface area contributed by atoms with Crippen molar-refractivity contribution in [2.45, 2.75) is 51.4 Å². The normalized spacial score (nSPS) is 13.5. The highest BCUT2D eigenvalue weighted by molar-refractivity contribution is 5.66. The number of carbonyl (C=O) groups is 1. The highest BCUT2D eigenvalue weighted by Gasteiger charge is 2.37. The van der Waals surface area contributed by atoms with E-state index in [1.807, 2.05) is 24.3 Å². The van der Waals surface area contributed by atoms with Gasteiger partial charge in [0.25, 0.3) is 0 Å². The number of aliphatic hydroxyl groups excluding tert-OH is 1. The second-order valence-corrected chi connectivity index (χ2v) is 8.42. The Labute approximate surface area is 181 Å². The van der Waals surface area contributed by atoms with Gasteiger partial charge in [-0.05, 0) is 62.6 Å². The molecule has 170 valence electrons. The van der Waals surface area contributed by atoms with Crippen LogP contribution in [0.25, 0.3) is 0 Å². The number of nitrogens with one attached hydrogen (secondary N) is 1. The molecule has 2 aromatic rings. The van der Waals surface area contributed by atoms with Gasteiger partial charge in [0.2, 0.25) is 0 Å². The molecule has 0 fully saturated rings. The number of hydrogen-bond donors (Lipinski definition) is 3. The van der Waals surface area contributed by atoms with Crippen molar-refractivity contribution in [1.82, 2.24) is 10.2 Å². The molecule has 6 nitrogen and oxygen atoms in total. The number of ether oxygens (including phenoxy) is 1. The van der Waals surface area contributed by atoms with Gasteiger partial charge >= 0.3 is 6.09 Å². The average molecular weight is 436 g/mol. The van der Waals surface area contributed by atoms with Crippen LogP contribution in [0.4, 0.5) is 13.6 Å². The summed E-state index contributed by atoms with van der Waals surface area (Å²) in [5.74, 6) is -0.801. The van der Waals surface area contributed by atoms with Gasteiger partial charge in [-0.15, -0.1) is 0 Å². The van der Waals surface area contributed by atoms with Gasteiger partial charge in [-0.1, -0.05) is 12.1 Å². The molecule has 8 heteroatoms. The van der Waals surface area contributed by atoms with Crippen molar-refractivity contribution in [3.63, 3.8) is 0 Å². The molecule has 0 saturated heterocycles. The van der Waals surface area contributed by atoms with Crippen LogP contribution in [-0.2, 0) is 13.0 Å². The summed E-state index contributed by atoms with van der Waals surface area (Å²) in [6.07, 6.45) is -2.38. The van der Waals surface area contributed by atoms with Crippen molar-refractivity contribution >= 4 is 6.09 Å². The van der Waals surface area contributed by atoms with Gasteiger partial charge in [0.1, 0.15) is 17.4 Å². The van der Waals surface area contributed by atoms with Gasteiger partial charge in [0.05, 0.1) is 19.3 Å². The minimum atomic E-state index is -1.22. The van der Waals surface area contributed by atoms with Crippen LogP contribution in [0, 0.1) is 11.6 Å². The second kappa shape index (κ2) is 10.5. The number of hydrogen-bond acceptors (Lipinski definition) is 4. The first kappa shape index (κ1) is 24.6. The van der Waals surface area contributed by atoms with Crippen LogP contribution in [0.15, 0.2) is 42.5 Å². The van der Waals surface area contributed by atoms with Crippen LogP contribution < -0.4 is 10.1 Å². The van der Waals surface area contributed by atoms with E-state index in [2.05, 4.69) is 5.32 Å². The molecule has 0 aliphatic carbocycles. The van der Waals surface area contributed by atoms with Crippen molar-refractivity contribution < 1.29 is 28.5 Å². The molecule has 31 heavy (non-hydrogen) atoms. The predicted octanol–water partition coefficient (Wildman–Crippen LogP) is 3.81. The number of methoxy groups -OCH3 is 1. The number of halogens is 2. The molecule has 0 aliphatic rings. The Morgan fingerprint density at radius 3 is 2.32 bits per heavy atom. The van der Waals surface area contributed by atoms with Crippen molar-refractivity contribution in [1.29, 1.82) is 0 Å². The summed E-state index contributed by atoms with van der Waals surface area (Å²) in [7, 11) is 1.57. The molecule has 0 radical (unpaired) electrons. The molecule has 3 N–H and O–H groups in total. The van der Waals surface area contributed by atoms with E-state index in [1.165, 1.54) is 0 Å². The highest BCUT2D eigenvalue weighted by Crippen LogP contribution is 2.23. The van der Waals surface area contributed by atoms with E-state index < -0.39 is 35.4 Å². The standard InChI is InChI=1S/C23H30F2N2O4/c1-23(2,3)27(22(29)30)20(11-16-8-17(24)12-18(25)9-16)21(28)14-26-13-15-6-5-7-19(10-15)31-4/h5-10,12,20-21,26,28H,11,13-14H2,1-4H3,(H,29,30)/t20-,21+/m0/s1. The summed E-state index contributed by atoms with van der Waals surface area (Å²) in [4.78, 5) is 13.1. The van der Waals surface area contributed by atoms with Crippen molar-refractivity contribution in [3.8, 4) is 5.75 Å². The number of amides is 1. The van der Waals surface area contributed by atoms with Crippen LogP contribution in [0.1, 0.15) is 31.9 Å². The fourth-order valence-corrected chi connectivity index (χ4v) is 3.58. The van der Waals surface area contributed by atoms with E-state index in [0.717, 1.165) is 28.7 Å². The van der Waals surface area contributed by atoms with Gasteiger partial charge < -0.3 is 20.3 Å². The summed E-state index contributed by atoms with van der Waals surface area (Å²) in [6.45, 7) is 5.63. The topological polar surface area (TPSA) is 82.0 Å². The second-order valence-electron chi connectivity index (χ2n) is 8.42. The van der Waals surface area contributed by atoms with Crippen LogP contribution in [0.3, 0.4) is 0 Å². The van der Waals surface area contributed by atoms with Crippen LogP contribution in [-0.4, -0.2) is 52.5 Å². The van der Waals surface area contributed by atoms with Crippen molar-refractivity contribution in [2.24, 2.45) is 0 Å². The molecular formula is C23H30F2N2O4. The fraction of sp³-hybridized carbons (Fsp3) is 0.435. The van der Waals surface area contributed by atoms with Gasteiger partial charge in [-0.2, -0.15) is 0 Å². The van der Waals surface area contributed by atoms with Gasteiger partial charge in [-0.3, -0.25) is 4.90 Å². The van der Waals surface area contributed by atoms with E-state index >= 15 is 0 Å². The van der Waals surface area contributed by atoms with Gasteiger partial charge in [0, 0.05) is 24.7 Å². The first-order valence-corrected chi connectivity index (χ1v) is 10.00. The summed E-state index contributed by atoms with van der Waals surface area (Å²) in [5.41, 5.74) is 0.363. The minimum absolute atomic E-state index is 0.0414. The van der Waals surface area contributed by atoms with Crippen LogP contribution >= 0.6 is 0 Å². The maximum absolute atomic E-state index is 13.7. The van der Waals surface area contributed by atoms with Crippen molar-refractivity contribution in [3.05, 3.63) is 65.2 Å². The van der Waals surface area contributed by atoms with E-state index in [1.54, 1.807) is 27.9 Å². The number of rotatable bonds is 9. The number of aliphatic hydroxyl groups is 1. The lowest BCUT2D eigenvalue weighted by Gasteiger charge is -2.42. The number of carboxylic acid groups (broad SMARTS) is 1. The van der Waals surface area contributed by atoms with Gasteiger partial charge in [0.15, 0.2) is 0 Å². The molecule has 0 spiro atoms. The third kappa shape index (κ3) is 7.18. The Hall–Kier alpha value is -2.71. The smallest absolute Gasteiger partial charge is 0.408 e. The maximum Gasteiger partial charge on any atom is 0.408 e. The first-order valence-electron chi connectivity index (χ1n) is 10.00. The Kier molecular flexibility index (Phi) is 8.36. The summed E-state index contributed by atoms with van der Waals surface area (Å²) >= 11 is 0. The van der Waals surface area contributed by atoms with Gasteiger partial charge in [-0.25, -0.2) is 13.6 Å². The Morgan fingerprint density at radius 1 is 1.13 bits per heavy atom. The monoisotopic (exact) mass is 436 g/mol. The lowest BCUT2D eigenvalue weighted by molar-refractivity contribution is 0.00766. The molecule has 0 bridgehead atoms. The molecule has 0 unspecified atom stereocenters. The zero-order valence-electron chi connectivity index (χ0n) is 18.2. The highest BCUT2D eigenvalue weighted by atomic mass is 19.1. The lowest BCUT2D eigenvalue weighted by Crippen LogP contribution is -2.58.